The highest BCUT2D eigenvalue weighted by Crippen LogP contribution is 2.36. The molecule has 5 rings (SSSR count). The standard InChI is InChI=1S/C25H31N5O/c31-22(14-13-19-8-2-1-3-9-19)30-17-7-15-25(18-30)24(27-20-10-4-5-11-20)28-23-21(29-25)12-6-16-26-23/h1-3,6,8-9,12,16,20,29H,4-5,7,10-11,13-15,17-18H2,(H,26,27,28). The fourth-order valence-corrected chi connectivity index (χ4v) is 5.14. The molecule has 31 heavy (non-hydrogen) atoms. The zero-order chi connectivity index (χ0) is 21.1. The quantitative estimate of drug-likeness (QED) is 0.780. The van der Waals surface area contributed by atoms with E-state index in [1.165, 1.54) is 18.4 Å². The van der Waals surface area contributed by atoms with E-state index in [2.05, 4.69) is 33.8 Å². The molecule has 162 valence electrons. The number of pyridine rings is 1. The summed E-state index contributed by atoms with van der Waals surface area (Å²) in [4.78, 5) is 24.8. The van der Waals surface area contributed by atoms with Crippen LogP contribution in [0.1, 0.15) is 50.5 Å². The number of hydrogen-bond donors (Lipinski definition) is 2. The van der Waals surface area contributed by atoms with Crippen LogP contribution in [0.3, 0.4) is 0 Å². The first-order valence-electron chi connectivity index (χ1n) is 11.6. The number of nitrogens with zero attached hydrogens (tertiary/aromatic N) is 3. The van der Waals surface area contributed by atoms with Crippen LogP contribution in [0.25, 0.3) is 0 Å². The van der Waals surface area contributed by atoms with Crippen LogP contribution in [0.4, 0.5) is 11.5 Å². The number of fused-ring (bicyclic) bond motifs is 1. The molecule has 1 amide bonds. The second-order valence-electron chi connectivity index (χ2n) is 9.05. The smallest absolute Gasteiger partial charge is 0.222 e. The van der Waals surface area contributed by atoms with Crippen LogP contribution in [0.5, 0.6) is 0 Å². The molecule has 2 N–H and O–H groups in total. The molecular formula is C25H31N5O. The maximum atomic E-state index is 13.1. The van der Waals surface area contributed by atoms with Crippen LogP contribution in [0.15, 0.2) is 53.7 Å². The topological polar surface area (TPSA) is 69.6 Å². The van der Waals surface area contributed by atoms with E-state index < -0.39 is 0 Å². The Hall–Kier alpha value is -2.89. The molecule has 3 heterocycles. The molecule has 6 nitrogen and oxygen atoms in total. The minimum Gasteiger partial charge on any atom is -0.368 e. The fourth-order valence-electron chi connectivity index (χ4n) is 5.14. The van der Waals surface area contributed by atoms with Gasteiger partial charge in [-0.05, 0) is 49.8 Å². The third-order valence-corrected chi connectivity index (χ3v) is 6.82. The molecule has 1 atom stereocenters. The monoisotopic (exact) mass is 417 g/mol. The van der Waals surface area contributed by atoms with E-state index >= 15 is 0 Å². The van der Waals surface area contributed by atoms with Gasteiger partial charge in [0.1, 0.15) is 11.4 Å². The number of amidine groups is 1. The highest BCUT2D eigenvalue weighted by Gasteiger charge is 2.45. The summed E-state index contributed by atoms with van der Waals surface area (Å²) in [6.45, 7) is 1.46. The molecule has 2 aliphatic heterocycles. The van der Waals surface area contributed by atoms with E-state index in [1.54, 1.807) is 6.20 Å². The summed E-state index contributed by atoms with van der Waals surface area (Å²) in [5.74, 6) is 2.02. The van der Waals surface area contributed by atoms with Gasteiger partial charge in [0.15, 0.2) is 5.82 Å². The number of amides is 1. The van der Waals surface area contributed by atoms with Gasteiger partial charge in [-0.15, -0.1) is 0 Å². The van der Waals surface area contributed by atoms with Crippen LogP contribution in [0, 0.1) is 0 Å². The molecule has 1 saturated heterocycles. The van der Waals surface area contributed by atoms with Gasteiger partial charge in [0.25, 0.3) is 0 Å². The number of anilines is 2. The number of aliphatic imine (C=N–C) groups is 1. The van der Waals surface area contributed by atoms with Crippen molar-refractivity contribution in [3.63, 3.8) is 0 Å². The highest BCUT2D eigenvalue weighted by molar-refractivity contribution is 6.09. The first-order valence-corrected chi connectivity index (χ1v) is 11.6. The molecule has 1 aromatic heterocycles. The number of aromatic nitrogens is 1. The Balaban J connectivity index is 1.37. The van der Waals surface area contributed by atoms with Crippen molar-refractivity contribution in [2.75, 3.05) is 23.7 Å². The summed E-state index contributed by atoms with van der Waals surface area (Å²) >= 11 is 0. The summed E-state index contributed by atoms with van der Waals surface area (Å²) in [6, 6.07) is 14.6. The van der Waals surface area contributed by atoms with Gasteiger partial charge >= 0.3 is 0 Å². The molecule has 1 aromatic carbocycles. The minimum absolute atomic E-state index is 0.224. The van der Waals surface area contributed by atoms with Crippen LogP contribution >= 0.6 is 0 Å². The molecule has 6 heteroatoms. The van der Waals surface area contributed by atoms with Gasteiger partial charge in [0.05, 0.1) is 18.3 Å². The van der Waals surface area contributed by atoms with Crippen molar-refractivity contribution in [1.82, 2.24) is 9.88 Å². The number of carbonyl (C=O) groups is 1. The lowest BCUT2D eigenvalue weighted by molar-refractivity contribution is -0.132. The van der Waals surface area contributed by atoms with Crippen molar-refractivity contribution in [3.05, 3.63) is 54.2 Å². The highest BCUT2D eigenvalue weighted by atomic mass is 16.2. The van der Waals surface area contributed by atoms with E-state index in [-0.39, 0.29) is 11.4 Å². The van der Waals surface area contributed by atoms with E-state index in [0.29, 0.717) is 19.0 Å². The Labute approximate surface area is 184 Å². The lowest BCUT2D eigenvalue weighted by Crippen LogP contribution is -2.62. The van der Waals surface area contributed by atoms with Crippen LogP contribution in [0.2, 0.25) is 0 Å². The summed E-state index contributed by atoms with van der Waals surface area (Å²) in [5.41, 5.74) is 1.84. The molecule has 3 aliphatic rings. The molecular weight excluding hydrogens is 386 g/mol. The lowest BCUT2D eigenvalue weighted by atomic mass is 9.85. The average molecular weight is 418 g/mol. The normalized spacial score (nSPS) is 24.6. The van der Waals surface area contributed by atoms with E-state index in [0.717, 1.165) is 56.0 Å². The van der Waals surface area contributed by atoms with Gasteiger partial charge in [-0.3, -0.25) is 9.79 Å². The van der Waals surface area contributed by atoms with E-state index in [9.17, 15) is 4.79 Å². The molecule has 1 unspecified atom stereocenters. The summed E-state index contributed by atoms with van der Waals surface area (Å²) in [5, 5.41) is 7.29. The third kappa shape index (κ3) is 4.29. The second kappa shape index (κ2) is 8.69. The first-order chi connectivity index (χ1) is 15.2. The zero-order valence-electron chi connectivity index (χ0n) is 18.0. The Kier molecular flexibility index (Phi) is 5.62. The molecule has 0 bridgehead atoms. The zero-order valence-corrected chi connectivity index (χ0v) is 18.0. The fraction of sp³-hybridized carbons (Fsp3) is 0.480. The Morgan fingerprint density at radius 1 is 1.13 bits per heavy atom. The summed E-state index contributed by atoms with van der Waals surface area (Å²) in [6.07, 6.45) is 9.85. The Bertz CT molecular complexity index is 953. The van der Waals surface area contributed by atoms with Gasteiger partial charge in [0.2, 0.25) is 5.91 Å². The molecule has 1 aliphatic carbocycles. The third-order valence-electron chi connectivity index (χ3n) is 6.82. The molecule has 2 aromatic rings. The number of likely N-dealkylation sites (tertiary alicyclic amines) is 1. The number of rotatable bonds is 4. The predicted molar refractivity (Wildman–Crippen MR) is 124 cm³/mol. The second-order valence-corrected chi connectivity index (χ2v) is 9.05. The van der Waals surface area contributed by atoms with Crippen molar-refractivity contribution >= 4 is 23.2 Å². The molecule has 0 radical (unpaired) electrons. The van der Waals surface area contributed by atoms with E-state index in [4.69, 9.17) is 4.99 Å². The van der Waals surface area contributed by atoms with Crippen molar-refractivity contribution in [2.24, 2.45) is 4.99 Å². The Morgan fingerprint density at radius 2 is 1.97 bits per heavy atom. The van der Waals surface area contributed by atoms with Crippen molar-refractivity contribution in [2.45, 2.75) is 62.9 Å². The van der Waals surface area contributed by atoms with Crippen molar-refractivity contribution in [1.29, 1.82) is 0 Å². The first kappa shape index (κ1) is 20.0. The largest absolute Gasteiger partial charge is 0.368 e. The number of aryl methyl sites for hydroxylation is 1. The van der Waals surface area contributed by atoms with Gasteiger partial charge < -0.3 is 15.5 Å². The maximum Gasteiger partial charge on any atom is 0.222 e. The average Bonchev–Trinajstić information content (AvgIpc) is 3.32. The lowest BCUT2D eigenvalue weighted by Gasteiger charge is -2.47. The van der Waals surface area contributed by atoms with Crippen LogP contribution in [-0.2, 0) is 11.2 Å². The van der Waals surface area contributed by atoms with Gasteiger partial charge in [-0.25, -0.2) is 4.98 Å². The van der Waals surface area contributed by atoms with E-state index in [1.807, 2.05) is 29.2 Å². The summed E-state index contributed by atoms with van der Waals surface area (Å²) < 4.78 is 0. The van der Waals surface area contributed by atoms with Crippen molar-refractivity contribution < 1.29 is 4.79 Å². The van der Waals surface area contributed by atoms with Gasteiger partial charge in [0, 0.05) is 19.2 Å². The number of hydrogen-bond acceptors (Lipinski definition) is 4. The molecule has 2 fully saturated rings. The maximum absolute atomic E-state index is 13.1. The minimum atomic E-state index is -0.362. The van der Waals surface area contributed by atoms with Gasteiger partial charge in [-0.1, -0.05) is 43.2 Å². The SMILES string of the molecule is O=C(CCc1ccccc1)N1CCCC2(C1)Nc1cccnc1NC2=NC1CCCC1. The van der Waals surface area contributed by atoms with Gasteiger partial charge in [-0.2, -0.15) is 0 Å². The number of nitrogens with one attached hydrogen (secondary N) is 2. The number of piperidine rings is 1. The summed E-state index contributed by atoms with van der Waals surface area (Å²) in [7, 11) is 0. The number of carbonyl (C=O) groups excluding carboxylic acids is 1. The van der Waals surface area contributed by atoms with Crippen LogP contribution in [-0.4, -0.2) is 46.3 Å². The molecule has 1 saturated carbocycles. The number of benzene rings is 1. The Morgan fingerprint density at radius 3 is 2.81 bits per heavy atom. The molecule has 1 spiro atoms. The predicted octanol–water partition coefficient (Wildman–Crippen LogP) is 4.25. The van der Waals surface area contributed by atoms with Crippen molar-refractivity contribution in [3.8, 4) is 0 Å². The van der Waals surface area contributed by atoms with Crippen LogP contribution < -0.4 is 10.6 Å².